The van der Waals surface area contributed by atoms with Crippen molar-refractivity contribution in [1.82, 2.24) is 3.97 Å². The molecule has 0 fully saturated rings. The van der Waals surface area contributed by atoms with Crippen LogP contribution in [0.3, 0.4) is 0 Å². The highest BCUT2D eigenvalue weighted by Crippen LogP contribution is 2.31. The van der Waals surface area contributed by atoms with E-state index < -0.39 is 10.0 Å². The van der Waals surface area contributed by atoms with Crippen LogP contribution in [0.4, 0.5) is 0 Å². The van der Waals surface area contributed by atoms with Gasteiger partial charge in [0.1, 0.15) is 0 Å². The van der Waals surface area contributed by atoms with Gasteiger partial charge >= 0.3 is 0 Å². The van der Waals surface area contributed by atoms with Crippen LogP contribution in [0.5, 0.6) is 0 Å². The Hall–Kier alpha value is -3.11. The number of benzene rings is 3. The van der Waals surface area contributed by atoms with E-state index in [2.05, 4.69) is 6.58 Å². The van der Waals surface area contributed by atoms with Gasteiger partial charge in [0.25, 0.3) is 10.0 Å². The van der Waals surface area contributed by atoms with Gasteiger partial charge in [-0.05, 0) is 41.0 Å². The van der Waals surface area contributed by atoms with Crippen molar-refractivity contribution in [2.45, 2.75) is 4.90 Å². The van der Waals surface area contributed by atoms with Crippen molar-refractivity contribution in [2.75, 3.05) is 0 Å². The van der Waals surface area contributed by atoms with E-state index in [1.165, 1.54) is 3.97 Å². The van der Waals surface area contributed by atoms with E-state index in [0.29, 0.717) is 5.52 Å². The van der Waals surface area contributed by atoms with Crippen molar-refractivity contribution in [3.63, 3.8) is 0 Å². The minimum Gasteiger partial charge on any atom is -0.241 e. The van der Waals surface area contributed by atoms with E-state index >= 15 is 0 Å². The Balaban J connectivity index is 1.88. The van der Waals surface area contributed by atoms with Gasteiger partial charge in [0.05, 0.1) is 10.4 Å². The van der Waals surface area contributed by atoms with Gasteiger partial charge < -0.3 is 0 Å². The molecule has 4 aromatic rings. The zero-order valence-electron chi connectivity index (χ0n) is 14.0. The molecule has 4 rings (SSSR count). The molecular formula is C22H17NO2S. The lowest BCUT2D eigenvalue weighted by atomic mass is 9.97. The number of aromatic nitrogens is 1. The first-order chi connectivity index (χ1) is 12.6. The Bertz CT molecular complexity index is 1190. The lowest BCUT2D eigenvalue weighted by Gasteiger charge is -2.10. The van der Waals surface area contributed by atoms with E-state index in [0.717, 1.165) is 22.1 Å². The summed E-state index contributed by atoms with van der Waals surface area (Å²) in [7, 11) is -3.64. The Morgan fingerprint density at radius 1 is 0.769 bits per heavy atom. The maximum atomic E-state index is 13.0. The van der Waals surface area contributed by atoms with Crippen molar-refractivity contribution in [3.05, 3.63) is 109 Å². The third kappa shape index (κ3) is 2.65. The number of rotatable bonds is 4. The second-order valence-corrected chi connectivity index (χ2v) is 7.83. The normalized spacial score (nSPS) is 11.5. The van der Waals surface area contributed by atoms with Gasteiger partial charge in [0, 0.05) is 11.6 Å². The van der Waals surface area contributed by atoms with Crippen LogP contribution in [0.15, 0.2) is 103 Å². The molecule has 0 N–H and O–H groups in total. The summed E-state index contributed by atoms with van der Waals surface area (Å²) in [5.41, 5.74) is 3.45. The first-order valence-electron chi connectivity index (χ1n) is 8.24. The van der Waals surface area contributed by atoms with Gasteiger partial charge in [0.2, 0.25) is 0 Å². The molecule has 0 unspecified atom stereocenters. The van der Waals surface area contributed by atoms with E-state index in [9.17, 15) is 8.42 Å². The van der Waals surface area contributed by atoms with Gasteiger partial charge in [-0.15, -0.1) is 0 Å². The van der Waals surface area contributed by atoms with Crippen LogP contribution in [-0.4, -0.2) is 12.4 Å². The van der Waals surface area contributed by atoms with Crippen molar-refractivity contribution in [1.29, 1.82) is 0 Å². The minimum atomic E-state index is -3.64. The summed E-state index contributed by atoms with van der Waals surface area (Å²) in [5.74, 6) is 0. The van der Waals surface area contributed by atoms with Gasteiger partial charge in [-0.3, -0.25) is 0 Å². The molecular weight excluding hydrogens is 342 g/mol. The van der Waals surface area contributed by atoms with Crippen LogP contribution in [0.1, 0.15) is 11.1 Å². The standard InChI is InChI=1S/C22H17NO2S/c1-17(18-9-4-2-5-10-18)20-13-8-14-22-21(20)15-16-23(22)26(24,25)19-11-6-3-7-12-19/h2-16H,1H2. The third-order valence-electron chi connectivity index (χ3n) is 4.44. The average Bonchev–Trinajstić information content (AvgIpc) is 3.14. The molecule has 0 atom stereocenters. The average molecular weight is 359 g/mol. The van der Waals surface area contributed by atoms with Gasteiger partial charge in [0.15, 0.2) is 0 Å². The van der Waals surface area contributed by atoms with Gasteiger partial charge in [-0.1, -0.05) is 67.2 Å². The molecule has 0 spiro atoms. The predicted molar refractivity (Wildman–Crippen MR) is 106 cm³/mol. The maximum absolute atomic E-state index is 13.0. The fraction of sp³-hybridized carbons (Fsp3) is 0. The van der Waals surface area contributed by atoms with Crippen molar-refractivity contribution >= 4 is 26.5 Å². The zero-order valence-corrected chi connectivity index (χ0v) is 14.9. The van der Waals surface area contributed by atoms with E-state index in [1.54, 1.807) is 36.5 Å². The number of nitrogens with zero attached hydrogens (tertiary/aromatic N) is 1. The molecule has 0 bridgehead atoms. The second-order valence-electron chi connectivity index (χ2n) is 6.01. The highest BCUT2D eigenvalue weighted by molar-refractivity contribution is 7.90. The van der Waals surface area contributed by atoms with Crippen LogP contribution in [-0.2, 0) is 10.0 Å². The van der Waals surface area contributed by atoms with E-state index in [-0.39, 0.29) is 4.90 Å². The lowest BCUT2D eigenvalue weighted by molar-refractivity contribution is 0.589. The molecule has 0 saturated carbocycles. The van der Waals surface area contributed by atoms with Crippen LogP contribution >= 0.6 is 0 Å². The third-order valence-corrected chi connectivity index (χ3v) is 6.15. The minimum absolute atomic E-state index is 0.268. The second kappa shape index (κ2) is 6.32. The van der Waals surface area contributed by atoms with Crippen LogP contribution in [0.2, 0.25) is 0 Å². The fourth-order valence-corrected chi connectivity index (χ4v) is 4.48. The highest BCUT2D eigenvalue weighted by Gasteiger charge is 2.19. The molecule has 1 heterocycles. The summed E-state index contributed by atoms with van der Waals surface area (Å²) < 4.78 is 27.3. The Labute approximate surface area is 152 Å². The summed E-state index contributed by atoms with van der Waals surface area (Å²) in [6, 6.07) is 25.8. The molecule has 4 heteroatoms. The smallest absolute Gasteiger partial charge is 0.241 e. The molecule has 0 radical (unpaired) electrons. The molecule has 128 valence electrons. The van der Waals surface area contributed by atoms with E-state index in [1.807, 2.05) is 54.6 Å². The maximum Gasteiger partial charge on any atom is 0.268 e. The van der Waals surface area contributed by atoms with Gasteiger partial charge in [-0.25, -0.2) is 12.4 Å². The van der Waals surface area contributed by atoms with Crippen molar-refractivity contribution < 1.29 is 8.42 Å². The Morgan fingerprint density at radius 3 is 2.12 bits per heavy atom. The van der Waals surface area contributed by atoms with Crippen LogP contribution in [0.25, 0.3) is 16.5 Å². The molecule has 0 amide bonds. The molecule has 3 aromatic carbocycles. The molecule has 0 aliphatic heterocycles. The van der Waals surface area contributed by atoms with Crippen LogP contribution < -0.4 is 0 Å². The molecule has 1 aromatic heterocycles. The first kappa shape index (κ1) is 16.4. The topological polar surface area (TPSA) is 39.1 Å². The van der Waals surface area contributed by atoms with Crippen molar-refractivity contribution in [3.8, 4) is 0 Å². The first-order valence-corrected chi connectivity index (χ1v) is 9.68. The monoisotopic (exact) mass is 359 g/mol. The number of fused-ring (bicyclic) bond motifs is 1. The van der Waals surface area contributed by atoms with Crippen LogP contribution in [0, 0.1) is 0 Å². The highest BCUT2D eigenvalue weighted by atomic mass is 32.2. The zero-order chi connectivity index (χ0) is 18.1. The summed E-state index contributed by atoms with van der Waals surface area (Å²) in [6.45, 7) is 4.22. The molecule has 26 heavy (non-hydrogen) atoms. The quantitative estimate of drug-likeness (QED) is 0.518. The summed E-state index contributed by atoms with van der Waals surface area (Å²) >= 11 is 0. The Kier molecular flexibility index (Phi) is 3.98. The fourth-order valence-electron chi connectivity index (χ4n) is 3.12. The number of hydrogen-bond acceptors (Lipinski definition) is 2. The summed E-state index contributed by atoms with van der Waals surface area (Å²) in [4.78, 5) is 0.268. The summed E-state index contributed by atoms with van der Waals surface area (Å²) in [6.07, 6.45) is 1.61. The lowest BCUT2D eigenvalue weighted by Crippen LogP contribution is -2.11. The molecule has 0 aliphatic carbocycles. The largest absolute Gasteiger partial charge is 0.268 e. The predicted octanol–water partition coefficient (Wildman–Crippen LogP) is 4.94. The summed E-state index contributed by atoms with van der Waals surface area (Å²) in [5, 5.41) is 0.862. The SMILES string of the molecule is C=C(c1ccccc1)c1cccc2c1ccn2S(=O)(=O)c1ccccc1. The van der Waals surface area contributed by atoms with Gasteiger partial charge in [-0.2, -0.15) is 0 Å². The molecule has 0 saturated heterocycles. The molecule has 0 aliphatic rings. The van der Waals surface area contributed by atoms with E-state index in [4.69, 9.17) is 0 Å². The van der Waals surface area contributed by atoms with Crippen molar-refractivity contribution in [2.24, 2.45) is 0 Å². The Morgan fingerprint density at radius 2 is 1.42 bits per heavy atom. The number of hydrogen-bond donors (Lipinski definition) is 0. The molecule has 3 nitrogen and oxygen atoms in total.